The first-order chi connectivity index (χ1) is 25.1. The molecule has 0 aromatic heterocycles. The highest BCUT2D eigenvalue weighted by atomic mass is 16.5. The molecular formula is C44H70O8. The molecule has 0 amide bonds. The van der Waals surface area contributed by atoms with E-state index in [1.54, 1.807) is 0 Å². The molecule has 4 aliphatic rings. The maximum atomic E-state index is 13.1. The van der Waals surface area contributed by atoms with E-state index < -0.39 is 11.9 Å². The third-order valence-corrected chi connectivity index (χ3v) is 14.2. The normalized spacial score (nSPS) is 31.8. The van der Waals surface area contributed by atoms with Crippen LogP contribution in [-0.2, 0) is 41.3 Å². The van der Waals surface area contributed by atoms with Crippen LogP contribution >= 0.6 is 0 Å². The van der Waals surface area contributed by atoms with Crippen molar-refractivity contribution < 1.29 is 38.0 Å². The number of fused-ring (bicyclic) bond motifs is 2. The summed E-state index contributed by atoms with van der Waals surface area (Å²) in [6.45, 7) is 10.9. The average Bonchev–Trinajstić information content (AvgIpc) is 3.49. The molecule has 0 bridgehead atoms. The molecule has 8 nitrogen and oxygen atoms in total. The predicted molar refractivity (Wildman–Crippen MR) is 204 cm³/mol. The molecule has 2 aliphatic heterocycles. The highest BCUT2D eigenvalue weighted by Crippen LogP contribution is 2.46. The second kappa shape index (κ2) is 19.5. The van der Waals surface area contributed by atoms with E-state index in [-0.39, 0.29) is 23.3 Å². The Hall–Kier alpha value is -2.00. The lowest BCUT2D eigenvalue weighted by Gasteiger charge is -2.42. The zero-order chi connectivity index (χ0) is 37.4. The number of carbonyl (C=O) groups excluding carboxylic acids is 2. The fourth-order valence-corrected chi connectivity index (χ4v) is 11.0. The summed E-state index contributed by atoms with van der Waals surface area (Å²) in [5.41, 5.74) is 2.62. The first-order valence-corrected chi connectivity index (χ1v) is 20.7. The molecule has 5 rings (SSSR count). The van der Waals surface area contributed by atoms with Crippen LogP contribution in [0.2, 0.25) is 0 Å². The van der Waals surface area contributed by atoms with E-state index in [0.29, 0.717) is 47.7 Å². The van der Waals surface area contributed by atoms with Crippen LogP contribution < -0.4 is 0 Å². The topological polar surface area (TPSA) is 89.5 Å². The van der Waals surface area contributed by atoms with Crippen molar-refractivity contribution in [1.29, 1.82) is 0 Å². The molecule has 2 aliphatic carbocycles. The van der Waals surface area contributed by atoms with Crippen molar-refractivity contribution in [3.63, 3.8) is 0 Å². The van der Waals surface area contributed by atoms with Crippen molar-refractivity contribution in [3.05, 3.63) is 34.4 Å². The monoisotopic (exact) mass is 727 g/mol. The summed E-state index contributed by atoms with van der Waals surface area (Å²) >= 11 is 0. The molecule has 12 atom stereocenters. The zero-order valence-electron chi connectivity index (χ0n) is 33.7. The van der Waals surface area contributed by atoms with Gasteiger partial charge in [-0.2, -0.15) is 0 Å². The van der Waals surface area contributed by atoms with E-state index in [1.807, 2.05) is 26.4 Å². The minimum atomic E-state index is -0.532. The van der Waals surface area contributed by atoms with Gasteiger partial charge < -0.3 is 28.4 Å². The molecule has 11 unspecified atom stereocenters. The van der Waals surface area contributed by atoms with E-state index >= 15 is 0 Å². The zero-order valence-corrected chi connectivity index (χ0v) is 33.7. The van der Waals surface area contributed by atoms with Crippen LogP contribution in [0.25, 0.3) is 0 Å². The van der Waals surface area contributed by atoms with Gasteiger partial charge in [0.2, 0.25) is 0 Å². The van der Waals surface area contributed by atoms with E-state index in [2.05, 4.69) is 27.7 Å². The first kappa shape index (κ1) is 41.2. The maximum Gasteiger partial charge on any atom is 0.338 e. The van der Waals surface area contributed by atoms with Crippen molar-refractivity contribution >= 4 is 11.9 Å². The fourth-order valence-electron chi connectivity index (χ4n) is 11.0. The molecule has 2 saturated carbocycles. The van der Waals surface area contributed by atoms with Gasteiger partial charge in [0.05, 0.1) is 63.0 Å². The number of benzene rings is 1. The second-order valence-electron chi connectivity index (χ2n) is 17.0. The molecule has 0 spiro atoms. The Labute approximate surface area is 314 Å². The number of ether oxygens (including phenoxy) is 6. The van der Waals surface area contributed by atoms with Gasteiger partial charge >= 0.3 is 11.9 Å². The third-order valence-electron chi connectivity index (χ3n) is 14.2. The standard InChI is InChI=1S/C44H70O8/c1-27-15-17-31-11-9-13-35(39(31)25-51-27)29(3)41(47-5)21-19-33-23-37(43(45)49-7)38(44(46)50-8)24-34(33)20-22-42(48-6)30(4)36-14-10-12-32-18-16-28(2)52-26-40(32)36/h23-24,27-32,35-36,39-42H,9-22,25-26H2,1-8H3/t27?,28?,29?,30?,31?,32?,35?,36?,39?,40?,41-,42?/m1/s1. The van der Waals surface area contributed by atoms with Crippen LogP contribution in [0.3, 0.4) is 0 Å². The molecule has 2 heterocycles. The SMILES string of the molecule is COC(=O)c1cc(CCC(OC)C(C)C2CCCC3CCC(C)OCC32)c(CC[C@@H](OC)C(C)C2CCCC3CCC(C)OCC32)cc1C(=O)OC. The quantitative estimate of drug-likeness (QED) is 0.176. The minimum absolute atomic E-state index is 0.0645. The van der Waals surface area contributed by atoms with Gasteiger partial charge in [-0.25, -0.2) is 9.59 Å². The Morgan fingerprint density at radius 1 is 0.635 bits per heavy atom. The van der Waals surface area contributed by atoms with E-state index in [4.69, 9.17) is 28.4 Å². The second-order valence-corrected chi connectivity index (χ2v) is 17.0. The lowest BCUT2D eigenvalue weighted by atomic mass is 9.65. The van der Waals surface area contributed by atoms with Crippen LogP contribution in [-0.4, -0.2) is 78.0 Å². The summed E-state index contributed by atoms with van der Waals surface area (Å²) in [6.07, 6.45) is 16.3. The summed E-state index contributed by atoms with van der Waals surface area (Å²) in [5.74, 6) is 3.43. The number of aryl methyl sites for hydroxylation is 2. The number of hydrogen-bond donors (Lipinski definition) is 0. The van der Waals surface area contributed by atoms with Gasteiger partial charge in [-0.05, 0) is 149 Å². The lowest BCUT2D eigenvalue weighted by Crippen LogP contribution is -2.39. The average molecular weight is 727 g/mol. The molecule has 294 valence electrons. The van der Waals surface area contributed by atoms with E-state index in [9.17, 15) is 9.59 Å². The molecule has 0 N–H and O–H groups in total. The number of esters is 2. The Morgan fingerprint density at radius 2 is 1.04 bits per heavy atom. The smallest absolute Gasteiger partial charge is 0.338 e. The lowest BCUT2D eigenvalue weighted by molar-refractivity contribution is -0.0356. The van der Waals surface area contributed by atoms with Crippen LogP contribution in [0.1, 0.15) is 137 Å². The molecule has 4 fully saturated rings. The van der Waals surface area contributed by atoms with Gasteiger partial charge in [-0.1, -0.05) is 39.5 Å². The number of carbonyl (C=O) groups is 2. The highest BCUT2D eigenvalue weighted by molar-refractivity contribution is 6.03. The third kappa shape index (κ3) is 9.80. The predicted octanol–water partition coefficient (Wildman–Crippen LogP) is 8.89. The van der Waals surface area contributed by atoms with Crippen LogP contribution in [0.15, 0.2) is 12.1 Å². The summed E-state index contributed by atoms with van der Waals surface area (Å²) < 4.78 is 35.5. The van der Waals surface area contributed by atoms with Gasteiger partial charge in [0.1, 0.15) is 0 Å². The summed E-state index contributed by atoms with van der Waals surface area (Å²) in [5, 5.41) is 0. The molecule has 1 aromatic rings. The maximum absolute atomic E-state index is 13.1. The molecule has 2 saturated heterocycles. The number of hydrogen-bond acceptors (Lipinski definition) is 8. The summed E-state index contributed by atoms with van der Waals surface area (Å²) in [6, 6.07) is 3.76. The van der Waals surface area contributed by atoms with Crippen molar-refractivity contribution in [2.45, 2.75) is 142 Å². The van der Waals surface area contributed by atoms with Gasteiger partial charge in [-0.3, -0.25) is 0 Å². The molecule has 52 heavy (non-hydrogen) atoms. The van der Waals surface area contributed by atoms with E-state index in [1.165, 1.54) is 65.6 Å². The van der Waals surface area contributed by atoms with Crippen molar-refractivity contribution in [2.24, 2.45) is 47.3 Å². The van der Waals surface area contributed by atoms with Crippen molar-refractivity contribution in [1.82, 2.24) is 0 Å². The van der Waals surface area contributed by atoms with Gasteiger partial charge in [0, 0.05) is 14.2 Å². The van der Waals surface area contributed by atoms with Gasteiger partial charge in [-0.15, -0.1) is 0 Å². The minimum Gasteiger partial charge on any atom is -0.465 e. The first-order valence-electron chi connectivity index (χ1n) is 20.7. The Morgan fingerprint density at radius 3 is 1.40 bits per heavy atom. The van der Waals surface area contributed by atoms with Crippen LogP contribution in [0, 0.1) is 47.3 Å². The molecule has 8 heteroatoms. The van der Waals surface area contributed by atoms with Crippen molar-refractivity contribution in [3.8, 4) is 0 Å². The van der Waals surface area contributed by atoms with Gasteiger partial charge in [0.25, 0.3) is 0 Å². The van der Waals surface area contributed by atoms with E-state index in [0.717, 1.165) is 74.7 Å². The van der Waals surface area contributed by atoms with Gasteiger partial charge in [0.15, 0.2) is 0 Å². The molecule has 0 radical (unpaired) electrons. The van der Waals surface area contributed by atoms with Crippen LogP contribution in [0.5, 0.6) is 0 Å². The Bertz CT molecular complexity index is 1200. The summed E-state index contributed by atoms with van der Waals surface area (Å²) in [4.78, 5) is 26.1. The highest BCUT2D eigenvalue weighted by Gasteiger charge is 2.42. The number of rotatable bonds is 14. The van der Waals surface area contributed by atoms with Crippen molar-refractivity contribution in [2.75, 3.05) is 41.7 Å². The summed E-state index contributed by atoms with van der Waals surface area (Å²) in [7, 11) is 6.40. The fraction of sp³-hybridized carbons (Fsp3) is 0.818. The number of methoxy groups -OCH3 is 4. The Balaban J connectivity index is 1.36. The molecule has 1 aromatic carbocycles. The largest absolute Gasteiger partial charge is 0.465 e. The van der Waals surface area contributed by atoms with Crippen LogP contribution in [0.4, 0.5) is 0 Å². The molecular weight excluding hydrogens is 656 g/mol. The Kier molecular flexibility index (Phi) is 15.5.